The highest BCUT2D eigenvalue weighted by Gasteiger charge is 2.09. The van der Waals surface area contributed by atoms with Crippen LogP contribution in [0, 0.1) is 0 Å². The third-order valence-corrected chi connectivity index (χ3v) is 2.14. The summed E-state index contributed by atoms with van der Waals surface area (Å²) >= 11 is 0. The lowest BCUT2D eigenvalue weighted by Crippen LogP contribution is -2.06. The molecule has 0 fully saturated rings. The molecule has 2 aromatic heterocycles. The molecule has 0 aliphatic heterocycles. The summed E-state index contributed by atoms with van der Waals surface area (Å²) in [5.41, 5.74) is 0.818. The van der Waals surface area contributed by atoms with Crippen LogP contribution in [0.25, 0.3) is 10.9 Å². The van der Waals surface area contributed by atoms with Gasteiger partial charge in [0.1, 0.15) is 5.69 Å². The Kier molecular flexibility index (Phi) is 2.00. The topological polar surface area (TPSA) is 72.2 Å². The lowest BCUT2D eigenvalue weighted by Gasteiger charge is -1.98. The van der Waals surface area contributed by atoms with Crippen molar-refractivity contribution in [3.63, 3.8) is 0 Å². The fourth-order valence-corrected chi connectivity index (χ4v) is 1.39. The zero-order chi connectivity index (χ0) is 11.0. The third kappa shape index (κ3) is 1.48. The number of hydrogen-bond acceptors (Lipinski definition) is 3. The number of rotatable bonds is 1. The van der Waals surface area contributed by atoms with E-state index in [1.807, 2.05) is 0 Å². The van der Waals surface area contributed by atoms with Gasteiger partial charge in [-0.1, -0.05) is 0 Å². The van der Waals surface area contributed by atoms with Crippen molar-refractivity contribution in [2.24, 2.45) is 0 Å². The molecule has 0 unspecified atom stereocenters. The Bertz CT molecular complexity index is 557. The van der Waals surface area contributed by atoms with E-state index in [1.54, 1.807) is 12.1 Å². The van der Waals surface area contributed by atoms with Crippen LogP contribution in [0.5, 0.6) is 0 Å². The average molecular weight is 204 g/mol. The van der Waals surface area contributed by atoms with Gasteiger partial charge < -0.3 is 5.11 Å². The molecule has 0 atom stereocenters. The van der Waals surface area contributed by atoms with Gasteiger partial charge in [0, 0.05) is 18.5 Å². The molecule has 0 radical (unpaired) electrons. The van der Waals surface area contributed by atoms with Gasteiger partial charge in [-0.05, 0) is 12.1 Å². The first-order chi connectivity index (χ1) is 7.09. The van der Waals surface area contributed by atoms with Gasteiger partial charge in [0.15, 0.2) is 5.78 Å². The molecular formula is C10H8N2O3. The second kappa shape index (κ2) is 3.20. The van der Waals surface area contributed by atoms with Crippen LogP contribution in [-0.4, -0.2) is 26.5 Å². The van der Waals surface area contributed by atoms with Crippen molar-refractivity contribution < 1.29 is 14.7 Å². The fourth-order valence-electron chi connectivity index (χ4n) is 1.39. The molecule has 0 saturated heterocycles. The average Bonchev–Trinajstić information content (AvgIpc) is 2.59. The molecule has 0 amide bonds. The number of Topliss-reactive ketones (excluding diaryl/α,β-unsaturated/α-hetero) is 1. The van der Waals surface area contributed by atoms with Crippen LogP contribution in [0.3, 0.4) is 0 Å². The maximum absolute atomic E-state index is 11.0. The van der Waals surface area contributed by atoms with Gasteiger partial charge in [0.25, 0.3) is 0 Å². The second-order valence-electron chi connectivity index (χ2n) is 3.15. The van der Waals surface area contributed by atoms with Crippen LogP contribution in [0.4, 0.5) is 4.79 Å². The summed E-state index contributed by atoms with van der Waals surface area (Å²) in [5, 5.41) is 9.51. The predicted octanol–water partition coefficient (Wildman–Crippen LogP) is 1.77. The highest BCUT2D eigenvalue weighted by molar-refractivity contribution is 5.97. The summed E-state index contributed by atoms with van der Waals surface area (Å²) in [6.45, 7) is 1.42. The quantitative estimate of drug-likeness (QED) is 0.718. The van der Waals surface area contributed by atoms with Gasteiger partial charge in [-0.25, -0.2) is 4.79 Å². The first kappa shape index (κ1) is 9.39. The van der Waals surface area contributed by atoms with E-state index < -0.39 is 6.09 Å². The summed E-state index contributed by atoms with van der Waals surface area (Å²) in [6.07, 6.45) is 1.75. The number of carbonyl (C=O) groups is 2. The minimum atomic E-state index is -1.07. The van der Waals surface area contributed by atoms with E-state index in [0.717, 1.165) is 4.57 Å². The van der Waals surface area contributed by atoms with E-state index in [1.165, 1.54) is 19.3 Å². The second-order valence-corrected chi connectivity index (χ2v) is 3.15. The number of ketones is 1. The van der Waals surface area contributed by atoms with Crippen molar-refractivity contribution in [1.29, 1.82) is 0 Å². The van der Waals surface area contributed by atoms with E-state index in [9.17, 15) is 9.59 Å². The molecule has 15 heavy (non-hydrogen) atoms. The van der Waals surface area contributed by atoms with Crippen LogP contribution >= 0.6 is 0 Å². The summed E-state index contributed by atoms with van der Waals surface area (Å²) in [4.78, 5) is 25.7. The minimum Gasteiger partial charge on any atom is -0.464 e. The monoisotopic (exact) mass is 204 g/mol. The normalized spacial score (nSPS) is 10.5. The highest BCUT2D eigenvalue weighted by Crippen LogP contribution is 2.15. The van der Waals surface area contributed by atoms with Crippen LogP contribution < -0.4 is 0 Å². The van der Waals surface area contributed by atoms with Crippen molar-refractivity contribution in [2.45, 2.75) is 6.92 Å². The van der Waals surface area contributed by atoms with Gasteiger partial charge in [0.05, 0.1) is 11.7 Å². The summed E-state index contributed by atoms with van der Waals surface area (Å²) < 4.78 is 1.06. The van der Waals surface area contributed by atoms with Gasteiger partial charge in [-0.3, -0.25) is 14.3 Å². The van der Waals surface area contributed by atoms with Gasteiger partial charge >= 0.3 is 6.09 Å². The smallest absolute Gasteiger partial charge is 0.416 e. The SMILES string of the molecule is CC(=O)c1cc2ccn(C(=O)O)c2cn1. The maximum atomic E-state index is 11.0. The predicted molar refractivity (Wildman–Crippen MR) is 53.2 cm³/mol. The molecular weight excluding hydrogens is 196 g/mol. The van der Waals surface area contributed by atoms with Crippen LogP contribution in [0.1, 0.15) is 17.4 Å². The van der Waals surface area contributed by atoms with Crippen molar-refractivity contribution in [3.8, 4) is 0 Å². The summed E-state index contributed by atoms with van der Waals surface area (Å²) in [7, 11) is 0. The van der Waals surface area contributed by atoms with Crippen molar-refractivity contribution in [2.75, 3.05) is 0 Å². The van der Waals surface area contributed by atoms with Crippen molar-refractivity contribution >= 4 is 22.8 Å². The Morgan fingerprint density at radius 2 is 2.20 bits per heavy atom. The zero-order valence-electron chi connectivity index (χ0n) is 7.97. The molecule has 2 aromatic rings. The number of nitrogens with zero attached hydrogens (tertiary/aromatic N) is 2. The molecule has 0 aromatic carbocycles. The van der Waals surface area contributed by atoms with Crippen LogP contribution in [-0.2, 0) is 0 Å². The van der Waals surface area contributed by atoms with Gasteiger partial charge in [0.2, 0.25) is 0 Å². The summed E-state index contributed by atoms with van der Waals surface area (Å²) in [5.74, 6) is -0.139. The summed E-state index contributed by atoms with van der Waals surface area (Å²) in [6, 6.07) is 3.22. The van der Waals surface area contributed by atoms with Crippen molar-refractivity contribution in [3.05, 3.63) is 30.2 Å². The molecule has 0 aliphatic rings. The van der Waals surface area contributed by atoms with E-state index in [0.29, 0.717) is 16.6 Å². The highest BCUT2D eigenvalue weighted by atomic mass is 16.4. The molecule has 2 heterocycles. The van der Waals surface area contributed by atoms with Crippen LogP contribution in [0.15, 0.2) is 24.5 Å². The molecule has 5 nitrogen and oxygen atoms in total. The molecule has 0 bridgehead atoms. The first-order valence-electron chi connectivity index (χ1n) is 4.31. The molecule has 76 valence electrons. The maximum Gasteiger partial charge on any atom is 0.416 e. The van der Waals surface area contributed by atoms with E-state index in [4.69, 9.17) is 5.11 Å². The third-order valence-electron chi connectivity index (χ3n) is 2.14. The molecule has 1 N–H and O–H groups in total. The molecule has 0 saturated carbocycles. The van der Waals surface area contributed by atoms with E-state index in [-0.39, 0.29) is 5.78 Å². The molecule has 0 aliphatic carbocycles. The standard InChI is InChI=1S/C10H8N2O3/c1-6(13)8-4-7-2-3-12(10(14)15)9(7)5-11-8/h2-5H,1H3,(H,14,15). The van der Waals surface area contributed by atoms with Crippen molar-refractivity contribution in [1.82, 2.24) is 9.55 Å². The number of carboxylic acid groups (broad SMARTS) is 1. The van der Waals surface area contributed by atoms with Gasteiger partial charge in [-0.15, -0.1) is 0 Å². The van der Waals surface area contributed by atoms with E-state index in [2.05, 4.69) is 4.98 Å². The number of carbonyl (C=O) groups excluding carboxylic acids is 1. The van der Waals surface area contributed by atoms with Gasteiger partial charge in [-0.2, -0.15) is 0 Å². The number of fused-ring (bicyclic) bond motifs is 1. The Morgan fingerprint density at radius 1 is 1.47 bits per heavy atom. The lowest BCUT2D eigenvalue weighted by atomic mass is 10.2. The first-order valence-corrected chi connectivity index (χ1v) is 4.31. The Morgan fingerprint density at radius 3 is 2.80 bits per heavy atom. The van der Waals surface area contributed by atoms with Crippen LogP contribution in [0.2, 0.25) is 0 Å². The zero-order valence-corrected chi connectivity index (χ0v) is 7.97. The lowest BCUT2D eigenvalue weighted by molar-refractivity contribution is 0.101. The minimum absolute atomic E-state index is 0.139. The number of aromatic nitrogens is 2. The Hall–Kier alpha value is -2.17. The largest absolute Gasteiger partial charge is 0.464 e. The molecule has 0 spiro atoms. The number of hydrogen-bond donors (Lipinski definition) is 1. The number of pyridine rings is 1. The molecule has 2 rings (SSSR count). The Labute approximate surface area is 85.0 Å². The Balaban J connectivity index is 2.66. The fraction of sp³-hybridized carbons (Fsp3) is 0.100. The van der Waals surface area contributed by atoms with E-state index >= 15 is 0 Å². The molecule has 5 heteroatoms.